The normalized spacial score (nSPS) is 16.1. The molecule has 0 bridgehead atoms. The van der Waals surface area contributed by atoms with Gasteiger partial charge in [-0.05, 0) is 55.0 Å². The zero-order valence-corrected chi connectivity index (χ0v) is 17.7. The first kappa shape index (κ1) is 19.2. The molecule has 8 heteroatoms. The maximum absolute atomic E-state index is 12.8. The van der Waals surface area contributed by atoms with Gasteiger partial charge in [-0.2, -0.15) is 5.26 Å². The Morgan fingerprint density at radius 1 is 1.23 bits per heavy atom. The van der Waals surface area contributed by atoms with Crippen LogP contribution in [0.15, 0.2) is 16.9 Å². The lowest BCUT2D eigenvalue weighted by Gasteiger charge is -2.10. The van der Waals surface area contributed by atoms with Crippen LogP contribution < -0.4 is 15.0 Å². The smallest absolute Gasteiger partial charge is 0.260 e. The van der Waals surface area contributed by atoms with Crippen molar-refractivity contribution in [2.75, 3.05) is 13.2 Å². The van der Waals surface area contributed by atoms with Crippen LogP contribution in [0.4, 0.5) is 0 Å². The Bertz CT molecular complexity index is 1290. The number of aromatic amines is 1. The second-order valence-corrected chi connectivity index (χ2v) is 8.85. The van der Waals surface area contributed by atoms with Gasteiger partial charge in [0.05, 0.1) is 29.2 Å². The number of nitrogens with zero attached hydrogens (tertiary/aromatic N) is 2. The summed E-state index contributed by atoms with van der Waals surface area (Å²) in [5.41, 5.74) is 1.87. The van der Waals surface area contributed by atoms with Crippen molar-refractivity contribution >= 4 is 44.8 Å². The van der Waals surface area contributed by atoms with Crippen molar-refractivity contribution < 1.29 is 9.47 Å². The molecule has 0 fully saturated rings. The summed E-state index contributed by atoms with van der Waals surface area (Å²) >= 11 is 7.93. The molecule has 0 saturated carbocycles. The number of nitrogens with one attached hydrogen (secondary N) is 1. The second-order valence-electron chi connectivity index (χ2n) is 7.36. The minimum absolute atomic E-state index is 0.188. The van der Waals surface area contributed by atoms with Crippen molar-refractivity contribution in [2.45, 2.75) is 32.1 Å². The molecule has 0 spiro atoms. The van der Waals surface area contributed by atoms with Crippen LogP contribution in [0.5, 0.6) is 11.5 Å². The molecule has 0 unspecified atom stereocenters. The number of halogens is 1. The topological polar surface area (TPSA) is 88.0 Å². The molecular weight excluding hydrogens is 422 g/mol. The summed E-state index contributed by atoms with van der Waals surface area (Å²) in [4.78, 5) is 22.2. The molecule has 2 aliphatic rings. The van der Waals surface area contributed by atoms with Crippen molar-refractivity contribution in [3.63, 3.8) is 0 Å². The molecule has 0 amide bonds. The minimum atomic E-state index is -0.188. The van der Waals surface area contributed by atoms with Crippen LogP contribution >= 0.6 is 22.9 Å². The minimum Gasteiger partial charge on any atom is -0.489 e. The third kappa shape index (κ3) is 3.36. The van der Waals surface area contributed by atoms with Gasteiger partial charge < -0.3 is 14.5 Å². The Morgan fingerprint density at radius 2 is 2.07 bits per heavy atom. The second kappa shape index (κ2) is 7.78. The van der Waals surface area contributed by atoms with E-state index in [9.17, 15) is 10.1 Å². The fraction of sp³-hybridized carbons (Fsp3) is 0.318. The predicted octanol–water partition coefficient (Wildman–Crippen LogP) is 4.74. The summed E-state index contributed by atoms with van der Waals surface area (Å²) in [5, 5.41) is 10.8. The van der Waals surface area contributed by atoms with Crippen LogP contribution in [0, 0.1) is 11.3 Å². The van der Waals surface area contributed by atoms with Gasteiger partial charge in [0, 0.05) is 11.3 Å². The van der Waals surface area contributed by atoms with Crippen LogP contribution in [-0.4, -0.2) is 23.2 Å². The van der Waals surface area contributed by atoms with Crippen molar-refractivity contribution in [1.29, 1.82) is 5.26 Å². The van der Waals surface area contributed by atoms with E-state index < -0.39 is 0 Å². The molecule has 0 saturated heterocycles. The number of aryl methyl sites for hydroxylation is 2. The molecular formula is C22H18ClN3O3S. The molecule has 1 aromatic carbocycles. The van der Waals surface area contributed by atoms with Gasteiger partial charge in [-0.3, -0.25) is 4.79 Å². The Labute approximate surface area is 181 Å². The Balaban J connectivity index is 1.59. The molecule has 1 N–H and O–H groups in total. The van der Waals surface area contributed by atoms with Gasteiger partial charge in [0.2, 0.25) is 0 Å². The summed E-state index contributed by atoms with van der Waals surface area (Å²) in [6, 6.07) is 5.65. The van der Waals surface area contributed by atoms with Crippen LogP contribution in [0.3, 0.4) is 0 Å². The molecule has 3 aromatic rings. The van der Waals surface area contributed by atoms with Crippen LogP contribution in [0.2, 0.25) is 5.02 Å². The third-order valence-corrected chi connectivity index (χ3v) is 6.80. The Morgan fingerprint density at radius 3 is 2.93 bits per heavy atom. The van der Waals surface area contributed by atoms with Gasteiger partial charge in [0.1, 0.15) is 10.9 Å². The maximum atomic E-state index is 12.8. The largest absolute Gasteiger partial charge is 0.489 e. The van der Waals surface area contributed by atoms with Crippen LogP contribution in [-0.2, 0) is 12.8 Å². The van der Waals surface area contributed by atoms with Crippen molar-refractivity contribution in [3.8, 4) is 17.6 Å². The molecule has 30 heavy (non-hydrogen) atoms. The lowest BCUT2D eigenvalue weighted by molar-refractivity contribution is 0.297. The molecule has 0 radical (unpaired) electrons. The molecule has 152 valence electrons. The highest BCUT2D eigenvalue weighted by atomic mass is 35.5. The van der Waals surface area contributed by atoms with E-state index in [0.29, 0.717) is 45.5 Å². The summed E-state index contributed by atoms with van der Waals surface area (Å²) in [7, 11) is 0. The fourth-order valence-corrected chi connectivity index (χ4v) is 5.48. The SMILES string of the molecule is N#C/C(=C\c1cc(Cl)c2c(c1)OCCCO2)c1nc2sc3c(c2c(=O)[nH]1)CCCC3. The van der Waals surface area contributed by atoms with Gasteiger partial charge in [-0.15, -0.1) is 11.3 Å². The highest BCUT2D eigenvalue weighted by molar-refractivity contribution is 7.18. The monoisotopic (exact) mass is 439 g/mol. The van der Waals surface area contributed by atoms with Gasteiger partial charge in [0.15, 0.2) is 17.3 Å². The van der Waals surface area contributed by atoms with Crippen LogP contribution in [0.1, 0.15) is 41.1 Å². The summed E-state index contributed by atoms with van der Waals surface area (Å²) in [6.07, 6.45) is 6.55. The molecule has 0 atom stereocenters. The number of thiophene rings is 1. The summed E-state index contributed by atoms with van der Waals surface area (Å²) < 4.78 is 11.4. The molecule has 2 aromatic heterocycles. The zero-order chi connectivity index (χ0) is 20.7. The number of hydrogen-bond donors (Lipinski definition) is 1. The number of hydrogen-bond acceptors (Lipinski definition) is 6. The number of allylic oxidation sites excluding steroid dienone is 1. The van der Waals surface area contributed by atoms with E-state index in [1.165, 1.54) is 4.88 Å². The fourth-order valence-electron chi connectivity index (χ4n) is 3.95. The third-order valence-electron chi connectivity index (χ3n) is 5.34. The standard InChI is InChI=1S/C22H18ClN3O3S/c23-15-9-12(10-16-19(15)29-7-3-6-28-16)8-13(11-24)20-25-21(27)18-14-4-1-2-5-17(14)30-22(18)26-20/h8-10H,1-7H2,(H,25,26,27)/b13-8+. The lowest BCUT2D eigenvalue weighted by Crippen LogP contribution is -2.12. The van der Waals surface area contributed by atoms with Crippen LogP contribution in [0.25, 0.3) is 21.9 Å². The van der Waals surface area contributed by atoms with E-state index in [-0.39, 0.29) is 17.0 Å². The number of fused-ring (bicyclic) bond motifs is 4. The molecule has 1 aliphatic heterocycles. The van der Waals surface area contributed by atoms with E-state index in [4.69, 9.17) is 21.1 Å². The number of benzene rings is 1. The van der Waals surface area contributed by atoms with Gasteiger partial charge in [0.25, 0.3) is 5.56 Å². The number of rotatable bonds is 2. The predicted molar refractivity (Wildman–Crippen MR) is 117 cm³/mol. The van der Waals surface area contributed by atoms with Gasteiger partial charge >= 0.3 is 0 Å². The van der Waals surface area contributed by atoms with Gasteiger partial charge in [-0.25, -0.2) is 4.98 Å². The van der Waals surface area contributed by atoms with Crippen molar-refractivity contribution in [2.24, 2.45) is 0 Å². The number of ether oxygens (including phenoxy) is 2. The van der Waals surface area contributed by atoms with Crippen molar-refractivity contribution in [3.05, 3.63) is 49.3 Å². The Hall–Kier alpha value is -2.82. The average molecular weight is 440 g/mol. The summed E-state index contributed by atoms with van der Waals surface area (Å²) in [5.74, 6) is 1.32. The Kier molecular flexibility index (Phi) is 4.97. The quantitative estimate of drug-likeness (QED) is 0.582. The highest BCUT2D eigenvalue weighted by Gasteiger charge is 2.21. The number of aromatic nitrogens is 2. The first-order valence-electron chi connectivity index (χ1n) is 9.90. The average Bonchev–Trinajstić information content (AvgIpc) is 2.94. The highest BCUT2D eigenvalue weighted by Crippen LogP contribution is 2.39. The van der Waals surface area contributed by atoms with E-state index in [1.54, 1.807) is 29.5 Å². The zero-order valence-electron chi connectivity index (χ0n) is 16.1. The molecule has 3 heterocycles. The van der Waals surface area contributed by atoms with E-state index in [1.807, 2.05) is 0 Å². The summed E-state index contributed by atoms with van der Waals surface area (Å²) in [6.45, 7) is 1.08. The first-order valence-corrected chi connectivity index (χ1v) is 11.1. The lowest BCUT2D eigenvalue weighted by atomic mass is 9.97. The van der Waals surface area contributed by atoms with E-state index >= 15 is 0 Å². The number of H-pyrrole nitrogens is 1. The number of nitriles is 1. The molecule has 6 nitrogen and oxygen atoms in total. The van der Waals surface area contributed by atoms with Crippen molar-refractivity contribution in [1.82, 2.24) is 9.97 Å². The molecule has 5 rings (SSSR count). The maximum Gasteiger partial charge on any atom is 0.260 e. The van der Waals surface area contributed by atoms with Gasteiger partial charge in [-0.1, -0.05) is 11.6 Å². The first-order chi connectivity index (χ1) is 14.6. The van der Waals surface area contributed by atoms with E-state index in [0.717, 1.165) is 37.7 Å². The van der Waals surface area contributed by atoms with E-state index in [2.05, 4.69) is 16.0 Å². The molecule has 1 aliphatic carbocycles.